The molecule has 0 unspecified atom stereocenters. The highest BCUT2D eigenvalue weighted by Gasteiger charge is 1.99. The van der Waals surface area contributed by atoms with E-state index in [4.69, 9.17) is 12.2 Å². The highest BCUT2D eigenvalue weighted by atomic mass is 32.1. The lowest BCUT2D eigenvalue weighted by Crippen LogP contribution is -2.09. The average molecular weight is 207 g/mol. The van der Waals surface area contributed by atoms with Gasteiger partial charge in [-0.05, 0) is 30.9 Å². The van der Waals surface area contributed by atoms with E-state index < -0.39 is 0 Å². The molecule has 0 radical (unpaired) electrons. The van der Waals surface area contributed by atoms with E-state index in [0.29, 0.717) is 5.92 Å². The molecule has 1 rings (SSSR count). The van der Waals surface area contributed by atoms with Gasteiger partial charge in [-0.3, -0.25) is 0 Å². The highest BCUT2D eigenvalue weighted by molar-refractivity contribution is 7.80. The first-order chi connectivity index (χ1) is 6.68. The Morgan fingerprint density at radius 2 is 1.93 bits per heavy atom. The largest absolute Gasteiger partial charge is 0.350 e. The van der Waals surface area contributed by atoms with Crippen LogP contribution in [0.15, 0.2) is 30.3 Å². The Labute approximate surface area is 91.5 Å². The quantitative estimate of drug-likeness (QED) is 0.752. The number of nitrogens with one attached hydrogen (secondary N) is 1. The van der Waals surface area contributed by atoms with Crippen molar-refractivity contribution in [3.63, 3.8) is 0 Å². The lowest BCUT2D eigenvalue weighted by atomic mass is 10.1. The summed E-state index contributed by atoms with van der Waals surface area (Å²) in [6.45, 7) is 4.43. The van der Waals surface area contributed by atoms with Crippen LogP contribution in [-0.2, 0) is 0 Å². The zero-order valence-electron chi connectivity index (χ0n) is 8.79. The normalized spacial score (nSPS) is 10.2. The molecule has 1 aromatic rings. The fourth-order valence-corrected chi connectivity index (χ4v) is 1.40. The van der Waals surface area contributed by atoms with Crippen LogP contribution >= 0.6 is 12.2 Å². The third-order valence-electron chi connectivity index (χ3n) is 2.01. The fourth-order valence-electron chi connectivity index (χ4n) is 1.16. The van der Waals surface area contributed by atoms with Crippen LogP contribution in [0.2, 0.25) is 0 Å². The van der Waals surface area contributed by atoms with E-state index in [2.05, 4.69) is 19.2 Å². The first kappa shape index (κ1) is 11.2. The zero-order chi connectivity index (χ0) is 10.4. The lowest BCUT2D eigenvalue weighted by Gasteiger charge is -2.08. The van der Waals surface area contributed by atoms with E-state index in [1.807, 2.05) is 30.3 Å². The number of benzene rings is 1. The molecule has 1 N–H and O–H groups in total. The molecule has 2 heteroatoms. The zero-order valence-corrected chi connectivity index (χ0v) is 9.60. The Bertz CT molecular complexity index is 280. The molecule has 0 spiro atoms. The van der Waals surface area contributed by atoms with Gasteiger partial charge in [0.1, 0.15) is 0 Å². The molecule has 0 aromatic heterocycles. The molecule has 0 aliphatic carbocycles. The number of hydrogen-bond donors (Lipinski definition) is 1. The first-order valence-corrected chi connectivity index (χ1v) is 5.44. The van der Waals surface area contributed by atoms with Gasteiger partial charge in [0, 0.05) is 5.69 Å². The summed E-state index contributed by atoms with van der Waals surface area (Å²) in [7, 11) is 0. The summed E-state index contributed by atoms with van der Waals surface area (Å²) in [5, 5.41) is 3.23. The number of para-hydroxylation sites is 1. The van der Waals surface area contributed by atoms with Crippen molar-refractivity contribution in [2.75, 3.05) is 5.32 Å². The van der Waals surface area contributed by atoms with Crippen LogP contribution in [0.1, 0.15) is 26.7 Å². The predicted molar refractivity (Wildman–Crippen MR) is 66.7 cm³/mol. The molecular weight excluding hydrogens is 190 g/mol. The molecule has 0 fully saturated rings. The van der Waals surface area contributed by atoms with Crippen molar-refractivity contribution in [1.29, 1.82) is 0 Å². The van der Waals surface area contributed by atoms with Gasteiger partial charge >= 0.3 is 0 Å². The summed E-state index contributed by atoms with van der Waals surface area (Å²) < 4.78 is 0. The second-order valence-corrected chi connectivity index (χ2v) is 4.34. The van der Waals surface area contributed by atoms with E-state index >= 15 is 0 Å². The van der Waals surface area contributed by atoms with Crippen LogP contribution in [0.3, 0.4) is 0 Å². The SMILES string of the molecule is CC(C)CCC(=S)Nc1ccccc1. The van der Waals surface area contributed by atoms with Gasteiger partial charge in [-0.1, -0.05) is 44.3 Å². The minimum Gasteiger partial charge on any atom is -0.350 e. The maximum absolute atomic E-state index is 5.24. The molecule has 14 heavy (non-hydrogen) atoms. The van der Waals surface area contributed by atoms with Crippen molar-refractivity contribution in [1.82, 2.24) is 0 Å². The van der Waals surface area contributed by atoms with Crippen molar-refractivity contribution >= 4 is 22.9 Å². The Balaban J connectivity index is 2.35. The topological polar surface area (TPSA) is 12.0 Å². The minimum absolute atomic E-state index is 0.713. The predicted octanol–water partition coefficient (Wildman–Crippen LogP) is 3.86. The van der Waals surface area contributed by atoms with Crippen LogP contribution in [0.25, 0.3) is 0 Å². The van der Waals surface area contributed by atoms with Gasteiger partial charge in [-0.25, -0.2) is 0 Å². The number of anilines is 1. The maximum Gasteiger partial charge on any atom is 0.0797 e. The molecule has 0 heterocycles. The van der Waals surface area contributed by atoms with E-state index in [1.54, 1.807) is 0 Å². The van der Waals surface area contributed by atoms with Gasteiger partial charge in [-0.2, -0.15) is 0 Å². The van der Waals surface area contributed by atoms with Crippen LogP contribution in [0.5, 0.6) is 0 Å². The summed E-state index contributed by atoms with van der Waals surface area (Å²) in [6, 6.07) is 10.1. The molecule has 0 bridgehead atoms. The Kier molecular flexibility index (Phi) is 4.60. The second kappa shape index (κ2) is 5.76. The molecule has 76 valence electrons. The van der Waals surface area contributed by atoms with Gasteiger partial charge < -0.3 is 5.32 Å². The molecular formula is C12H17NS. The molecule has 0 aliphatic heterocycles. The van der Waals surface area contributed by atoms with Crippen molar-refractivity contribution in [2.45, 2.75) is 26.7 Å². The number of hydrogen-bond acceptors (Lipinski definition) is 1. The minimum atomic E-state index is 0.713. The third kappa shape index (κ3) is 4.38. The molecule has 0 amide bonds. The smallest absolute Gasteiger partial charge is 0.0797 e. The van der Waals surface area contributed by atoms with Crippen molar-refractivity contribution in [3.05, 3.63) is 30.3 Å². The molecule has 1 aromatic carbocycles. The van der Waals surface area contributed by atoms with Crippen LogP contribution in [0.4, 0.5) is 5.69 Å². The van der Waals surface area contributed by atoms with E-state index in [-0.39, 0.29) is 0 Å². The summed E-state index contributed by atoms with van der Waals surface area (Å²) in [5.41, 5.74) is 1.08. The first-order valence-electron chi connectivity index (χ1n) is 5.03. The van der Waals surface area contributed by atoms with Gasteiger partial charge in [-0.15, -0.1) is 0 Å². The third-order valence-corrected chi connectivity index (χ3v) is 2.31. The average Bonchev–Trinajstić information content (AvgIpc) is 2.16. The molecule has 0 saturated carbocycles. The molecule has 0 aliphatic rings. The Morgan fingerprint density at radius 3 is 2.50 bits per heavy atom. The summed E-state index contributed by atoms with van der Waals surface area (Å²) >= 11 is 5.24. The standard InChI is InChI=1S/C12H17NS/c1-10(2)8-9-12(14)13-11-6-4-3-5-7-11/h3-7,10H,8-9H2,1-2H3,(H,13,14). The van der Waals surface area contributed by atoms with Gasteiger partial charge in [0.25, 0.3) is 0 Å². The molecule has 0 atom stereocenters. The van der Waals surface area contributed by atoms with Crippen LogP contribution in [-0.4, -0.2) is 4.99 Å². The number of rotatable bonds is 4. The lowest BCUT2D eigenvalue weighted by molar-refractivity contribution is 0.605. The van der Waals surface area contributed by atoms with Gasteiger partial charge in [0.05, 0.1) is 4.99 Å². The van der Waals surface area contributed by atoms with Crippen LogP contribution in [0, 0.1) is 5.92 Å². The fraction of sp³-hybridized carbons (Fsp3) is 0.417. The Morgan fingerprint density at radius 1 is 1.29 bits per heavy atom. The van der Waals surface area contributed by atoms with Crippen molar-refractivity contribution in [2.24, 2.45) is 5.92 Å². The van der Waals surface area contributed by atoms with E-state index in [0.717, 1.165) is 23.5 Å². The Hall–Kier alpha value is -0.890. The maximum atomic E-state index is 5.24. The van der Waals surface area contributed by atoms with Gasteiger partial charge in [0.2, 0.25) is 0 Å². The molecule has 1 nitrogen and oxygen atoms in total. The summed E-state index contributed by atoms with van der Waals surface area (Å²) in [6.07, 6.45) is 2.13. The number of thiocarbonyl (C=S) groups is 1. The van der Waals surface area contributed by atoms with E-state index in [9.17, 15) is 0 Å². The monoisotopic (exact) mass is 207 g/mol. The van der Waals surface area contributed by atoms with Crippen molar-refractivity contribution in [3.8, 4) is 0 Å². The second-order valence-electron chi connectivity index (χ2n) is 3.85. The highest BCUT2D eigenvalue weighted by Crippen LogP contribution is 2.09. The molecule has 0 saturated heterocycles. The van der Waals surface area contributed by atoms with Gasteiger partial charge in [0.15, 0.2) is 0 Å². The van der Waals surface area contributed by atoms with Crippen LogP contribution < -0.4 is 5.32 Å². The van der Waals surface area contributed by atoms with Crippen molar-refractivity contribution < 1.29 is 0 Å². The summed E-state index contributed by atoms with van der Waals surface area (Å²) in [5.74, 6) is 0.713. The van der Waals surface area contributed by atoms with E-state index in [1.165, 1.54) is 0 Å². The summed E-state index contributed by atoms with van der Waals surface area (Å²) in [4.78, 5) is 0.935.